The van der Waals surface area contributed by atoms with Crippen LogP contribution in [0.1, 0.15) is 11.1 Å². The lowest BCUT2D eigenvalue weighted by Gasteiger charge is -2.05. The third-order valence-electron chi connectivity index (χ3n) is 2.57. The minimum atomic E-state index is -0.171. The van der Waals surface area contributed by atoms with Gasteiger partial charge in [0.1, 0.15) is 5.75 Å². The number of phenols is 1. The van der Waals surface area contributed by atoms with Gasteiger partial charge in [0.15, 0.2) is 0 Å². The first-order chi connectivity index (χ1) is 9.17. The number of nitrogens with one attached hydrogen (secondary N) is 1. The highest BCUT2D eigenvalue weighted by Gasteiger charge is 2.04. The molecule has 0 aromatic heterocycles. The predicted molar refractivity (Wildman–Crippen MR) is 71.6 cm³/mol. The molecule has 0 spiro atoms. The van der Waals surface area contributed by atoms with Gasteiger partial charge in [-0.1, -0.05) is 12.1 Å². The number of hydrogen-bond donors (Lipinski definition) is 2. The molecular formula is C15H12N2O2. The summed E-state index contributed by atoms with van der Waals surface area (Å²) in [7, 11) is 0. The van der Waals surface area contributed by atoms with Crippen LogP contribution in [0.5, 0.6) is 5.75 Å². The summed E-state index contributed by atoms with van der Waals surface area (Å²) in [5, 5.41) is 20.7. The van der Waals surface area contributed by atoms with E-state index in [9.17, 15) is 9.90 Å². The summed E-state index contributed by atoms with van der Waals surface area (Å²) >= 11 is 0. The Morgan fingerprint density at radius 3 is 2.58 bits per heavy atom. The van der Waals surface area contributed by atoms with Crippen molar-refractivity contribution in [3.8, 4) is 11.8 Å². The van der Waals surface area contributed by atoms with E-state index in [0.29, 0.717) is 11.3 Å². The number of amides is 1. The zero-order valence-electron chi connectivity index (χ0n) is 10.1. The van der Waals surface area contributed by atoms with Gasteiger partial charge in [-0.15, -0.1) is 0 Å². The van der Waals surface area contributed by atoms with Crippen molar-refractivity contribution in [1.29, 1.82) is 5.26 Å². The average Bonchev–Trinajstić information content (AvgIpc) is 2.39. The van der Waals surface area contributed by atoms with Crippen molar-refractivity contribution in [1.82, 2.24) is 0 Å². The molecule has 0 bridgehead atoms. The molecule has 0 aliphatic heterocycles. The Bertz CT molecular complexity index is 627. The summed E-state index contributed by atoms with van der Waals surface area (Å²) in [6, 6.07) is 15.2. The molecule has 19 heavy (non-hydrogen) atoms. The van der Waals surface area contributed by atoms with Gasteiger partial charge in [-0.25, -0.2) is 0 Å². The topological polar surface area (TPSA) is 73.1 Å². The van der Waals surface area contributed by atoms with Crippen molar-refractivity contribution >= 4 is 11.6 Å². The van der Waals surface area contributed by atoms with Gasteiger partial charge in [0.2, 0.25) is 5.91 Å². The molecule has 0 saturated carbocycles. The van der Waals surface area contributed by atoms with Crippen LogP contribution in [-0.4, -0.2) is 11.0 Å². The maximum absolute atomic E-state index is 11.8. The third kappa shape index (κ3) is 3.58. The van der Waals surface area contributed by atoms with E-state index in [1.165, 1.54) is 0 Å². The Morgan fingerprint density at radius 1 is 1.21 bits per heavy atom. The molecule has 0 heterocycles. The second kappa shape index (κ2) is 5.69. The van der Waals surface area contributed by atoms with Crippen LogP contribution in [0.2, 0.25) is 0 Å². The van der Waals surface area contributed by atoms with E-state index in [2.05, 4.69) is 5.32 Å². The Morgan fingerprint density at radius 2 is 1.95 bits per heavy atom. The number of nitrogens with zero attached hydrogens (tertiary/aromatic N) is 1. The molecule has 4 heteroatoms. The lowest BCUT2D eigenvalue weighted by atomic mass is 10.1. The van der Waals surface area contributed by atoms with E-state index in [4.69, 9.17) is 5.26 Å². The molecule has 2 aromatic rings. The molecule has 94 valence electrons. The SMILES string of the molecule is N#Cc1ccc(NC(=O)Cc2cccc(O)c2)cc1. The second-order valence-electron chi connectivity index (χ2n) is 4.08. The Kier molecular flexibility index (Phi) is 3.79. The van der Waals surface area contributed by atoms with E-state index < -0.39 is 0 Å². The first kappa shape index (κ1) is 12.7. The van der Waals surface area contributed by atoms with Gasteiger partial charge in [-0.05, 0) is 42.0 Å². The van der Waals surface area contributed by atoms with Gasteiger partial charge in [0, 0.05) is 5.69 Å². The maximum atomic E-state index is 11.8. The number of anilines is 1. The van der Waals surface area contributed by atoms with Gasteiger partial charge >= 0.3 is 0 Å². The molecular weight excluding hydrogens is 240 g/mol. The van der Waals surface area contributed by atoms with Crippen LogP contribution in [0.4, 0.5) is 5.69 Å². The highest BCUT2D eigenvalue weighted by atomic mass is 16.3. The van der Waals surface area contributed by atoms with Gasteiger partial charge in [0.05, 0.1) is 18.1 Å². The molecule has 2 aromatic carbocycles. The van der Waals surface area contributed by atoms with E-state index in [-0.39, 0.29) is 18.1 Å². The minimum Gasteiger partial charge on any atom is -0.508 e. The molecule has 0 aliphatic carbocycles. The van der Waals surface area contributed by atoms with Crippen LogP contribution in [0, 0.1) is 11.3 Å². The molecule has 2 rings (SSSR count). The second-order valence-corrected chi connectivity index (χ2v) is 4.08. The third-order valence-corrected chi connectivity index (χ3v) is 2.57. The summed E-state index contributed by atoms with van der Waals surface area (Å²) in [6.45, 7) is 0. The van der Waals surface area contributed by atoms with Gasteiger partial charge in [-0.3, -0.25) is 4.79 Å². The van der Waals surface area contributed by atoms with Gasteiger partial charge < -0.3 is 10.4 Å². The van der Waals surface area contributed by atoms with E-state index in [0.717, 1.165) is 5.56 Å². The van der Waals surface area contributed by atoms with Gasteiger partial charge in [0.25, 0.3) is 0 Å². The number of carbonyl (C=O) groups excluding carboxylic acids is 1. The zero-order valence-corrected chi connectivity index (χ0v) is 10.1. The number of phenolic OH excluding ortho intramolecular Hbond substituents is 1. The van der Waals surface area contributed by atoms with E-state index in [1.807, 2.05) is 6.07 Å². The zero-order chi connectivity index (χ0) is 13.7. The fraction of sp³-hybridized carbons (Fsp3) is 0.0667. The van der Waals surface area contributed by atoms with Crippen molar-refractivity contribution in [2.45, 2.75) is 6.42 Å². The van der Waals surface area contributed by atoms with E-state index in [1.54, 1.807) is 48.5 Å². The lowest BCUT2D eigenvalue weighted by molar-refractivity contribution is -0.115. The first-order valence-corrected chi connectivity index (χ1v) is 5.75. The summed E-state index contributed by atoms with van der Waals surface area (Å²) < 4.78 is 0. The lowest BCUT2D eigenvalue weighted by Crippen LogP contribution is -2.14. The molecule has 4 nitrogen and oxygen atoms in total. The Balaban J connectivity index is 1.99. The molecule has 0 aliphatic rings. The van der Waals surface area contributed by atoms with Crippen LogP contribution in [0.3, 0.4) is 0 Å². The Labute approximate surface area is 110 Å². The fourth-order valence-electron chi connectivity index (χ4n) is 1.69. The van der Waals surface area contributed by atoms with Crippen molar-refractivity contribution in [2.24, 2.45) is 0 Å². The van der Waals surface area contributed by atoms with E-state index >= 15 is 0 Å². The number of rotatable bonds is 3. The summed E-state index contributed by atoms with van der Waals surface area (Å²) in [5.41, 5.74) is 1.93. The smallest absolute Gasteiger partial charge is 0.228 e. The van der Waals surface area contributed by atoms with Crippen LogP contribution < -0.4 is 5.32 Å². The van der Waals surface area contributed by atoms with Crippen molar-refractivity contribution in [3.05, 3.63) is 59.7 Å². The molecule has 0 fully saturated rings. The standard InChI is InChI=1S/C15H12N2O2/c16-10-11-4-6-13(7-5-11)17-15(19)9-12-2-1-3-14(18)8-12/h1-8,18H,9H2,(H,17,19). The number of benzene rings is 2. The molecule has 0 unspecified atom stereocenters. The first-order valence-electron chi connectivity index (χ1n) is 5.75. The average molecular weight is 252 g/mol. The number of hydrogen-bond acceptors (Lipinski definition) is 3. The molecule has 2 N–H and O–H groups in total. The van der Waals surface area contributed by atoms with Crippen LogP contribution in [0.25, 0.3) is 0 Å². The Hall–Kier alpha value is -2.80. The number of nitriles is 1. The van der Waals surface area contributed by atoms with Gasteiger partial charge in [-0.2, -0.15) is 5.26 Å². The predicted octanol–water partition coefficient (Wildman–Crippen LogP) is 2.45. The number of aromatic hydroxyl groups is 1. The highest BCUT2D eigenvalue weighted by Crippen LogP contribution is 2.13. The van der Waals surface area contributed by atoms with Crippen molar-refractivity contribution < 1.29 is 9.90 Å². The molecule has 0 radical (unpaired) electrons. The van der Waals surface area contributed by atoms with Crippen LogP contribution >= 0.6 is 0 Å². The molecule has 0 atom stereocenters. The monoisotopic (exact) mass is 252 g/mol. The normalized spacial score (nSPS) is 9.63. The fourth-order valence-corrected chi connectivity index (χ4v) is 1.69. The largest absolute Gasteiger partial charge is 0.508 e. The highest BCUT2D eigenvalue weighted by molar-refractivity contribution is 5.92. The van der Waals surface area contributed by atoms with Crippen molar-refractivity contribution in [3.63, 3.8) is 0 Å². The van der Waals surface area contributed by atoms with Crippen LogP contribution in [0.15, 0.2) is 48.5 Å². The minimum absolute atomic E-state index is 0.142. The van der Waals surface area contributed by atoms with Crippen molar-refractivity contribution in [2.75, 3.05) is 5.32 Å². The summed E-state index contributed by atoms with van der Waals surface area (Å²) in [5.74, 6) is -0.0287. The van der Waals surface area contributed by atoms with Crippen LogP contribution in [-0.2, 0) is 11.2 Å². The summed E-state index contributed by atoms with van der Waals surface area (Å²) in [4.78, 5) is 11.8. The summed E-state index contributed by atoms with van der Waals surface area (Å²) in [6.07, 6.45) is 0.189. The molecule has 1 amide bonds. The quantitative estimate of drug-likeness (QED) is 0.881. The maximum Gasteiger partial charge on any atom is 0.228 e. The number of carbonyl (C=O) groups is 1. The molecule has 0 saturated heterocycles.